The van der Waals surface area contributed by atoms with Gasteiger partial charge in [0, 0.05) is 54.6 Å². The van der Waals surface area contributed by atoms with E-state index in [0.717, 1.165) is 40.0 Å². The molecule has 4 nitrogen and oxygen atoms in total. The Balaban J connectivity index is 1.51. The fraction of sp³-hybridized carbons (Fsp3) is 0.292. The molecule has 0 aliphatic carbocycles. The molecule has 4 rings (SSSR count). The van der Waals surface area contributed by atoms with Gasteiger partial charge in [0.15, 0.2) is 5.11 Å². The highest BCUT2D eigenvalue weighted by molar-refractivity contribution is 14.1. The number of aromatic amines is 1. The first kappa shape index (κ1) is 23.0. The second-order valence-electron chi connectivity index (χ2n) is 7.90. The first-order valence-electron chi connectivity index (χ1n) is 10.5. The second kappa shape index (κ2) is 10.2. The van der Waals surface area contributed by atoms with Gasteiger partial charge in [0.2, 0.25) is 0 Å². The molecule has 0 spiro atoms. The average Bonchev–Trinajstić information content (AvgIpc) is 3.18. The van der Waals surface area contributed by atoms with Gasteiger partial charge < -0.3 is 15.6 Å². The van der Waals surface area contributed by atoms with Crippen molar-refractivity contribution in [2.24, 2.45) is 0 Å². The third kappa shape index (κ3) is 5.43. The number of aromatic nitrogens is 1. The van der Waals surface area contributed by atoms with Gasteiger partial charge >= 0.3 is 0 Å². The van der Waals surface area contributed by atoms with Crippen LogP contribution < -0.4 is 10.6 Å². The monoisotopic (exact) mass is 656 g/mol. The van der Waals surface area contributed by atoms with Crippen molar-refractivity contribution in [2.45, 2.75) is 32.7 Å². The van der Waals surface area contributed by atoms with Crippen LogP contribution in [0.1, 0.15) is 32.3 Å². The van der Waals surface area contributed by atoms with Crippen molar-refractivity contribution in [3.05, 3.63) is 61.4 Å². The maximum Gasteiger partial charge on any atom is 0.175 e. The number of fused-ring (bicyclic) bond motifs is 1. The topological polar surface area (TPSA) is 43.1 Å². The van der Waals surface area contributed by atoms with Crippen LogP contribution in [-0.2, 0) is 0 Å². The molecule has 0 radical (unpaired) electrons. The summed E-state index contributed by atoms with van der Waals surface area (Å²) in [7, 11) is 0. The molecule has 2 heterocycles. The van der Waals surface area contributed by atoms with E-state index in [0.29, 0.717) is 11.2 Å². The Morgan fingerprint density at radius 2 is 2.03 bits per heavy atom. The molecule has 3 N–H and O–H groups in total. The van der Waals surface area contributed by atoms with Gasteiger partial charge in [0.05, 0.1) is 5.69 Å². The lowest BCUT2D eigenvalue weighted by Gasteiger charge is -2.31. The van der Waals surface area contributed by atoms with Gasteiger partial charge in [-0.1, -0.05) is 13.0 Å². The Labute approximate surface area is 216 Å². The standard InChI is InChI=1S/C24H26I2N4S/c1-3-15(2)30-10-8-16(9-11-30)20-14-27-22-7-5-18(13-19(20)22)28-24(31)29-23-6-4-17(25)12-21(23)26/h4-8,12-15,27H,3,9-11H2,1-2H3,(H2,28,29,31). The van der Waals surface area contributed by atoms with Crippen molar-refractivity contribution in [3.63, 3.8) is 0 Å². The Morgan fingerprint density at radius 3 is 2.74 bits per heavy atom. The summed E-state index contributed by atoms with van der Waals surface area (Å²) in [4.78, 5) is 5.99. The summed E-state index contributed by atoms with van der Waals surface area (Å²) >= 11 is 10.2. The third-order valence-electron chi connectivity index (χ3n) is 5.92. The van der Waals surface area contributed by atoms with Crippen molar-refractivity contribution in [1.82, 2.24) is 9.88 Å². The first-order chi connectivity index (χ1) is 14.9. The number of nitrogens with zero attached hydrogens (tertiary/aromatic N) is 1. The van der Waals surface area contributed by atoms with E-state index in [-0.39, 0.29) is 0 Å². The molecule has 2 aromatic carbocycles. The SMILES string of the molecule is CCC(C)N1CC=C(c2c[nH]c3ccc(NC(=S)Nc4ccc(I)cc4I)cc23)CC1. The number of hydrogen-bond donors (Lipinski definition) is 3. The van der Waals surface area contributed by atoms with Gasteiger partial charge in [-0.2, -0.15) is 0 Å². The summed E-state index contributed by atoms with van der Waals surface area (Å²) < 4.78 is 2.36. The van der Waals surface area contributed by atoms with Gasteiger partial charge in [-0.25, -0.2) is 0 Å². The van der Waals surface area contributed by atoms with E-state index < -0.39 is 0 Å². The minimum atomic E-state index is 0.594. The van der Waals surface area contributed by atoms with E-state index in [2.05, 4.69) is 128 Å². The molecule has 0 fully saturated rings. The second-order valence-corrected chi connectivity index (χ2v) is 10.7. The minimum absolute atomic E-state index is 0.594. The van der Waals surface area contributed by atoms with Crippen molar-refractivity contribution in [2.75, 3.05) is 23.7 Å². The van der Waals surface area contributed by atoms with E-state index in [1.807, 2.05) is 0 Å². The minimum Gasteiger partial charge on any atom is -0.361 e. The highest BCUT2D eigenvalue weighted by Gasteiger charge is 2.18. The normalized spacial score (nSPS) is 15.5. The Hall–Kier alpha value is -1.17. The van der Waals surface area contributed by atoms with Crippen LogP contribution in [0.25, 0.3) is 16.5 Å². The van der Waals surface area contributed by atoms with Crippen LogP contribution in [0.2, 0.25) is 0 Å². The predicted octanol–water partition coefficient (Wildman–Crippen LogP) is 7.07. The molecule has 0 bridgehead atoms. The predicted molar refractivity (Wildman–Crippen MR) is 154 cm³/mol. The Bertz CT molecular complexity index is 1140. The summed E-state index contributed by atoms with van der Waals surface area (Å²) in [5.41, 5.74) is 5.88. The first-order valence-corrected chi connectivity index (χ1v) is 13.1. The van der Waals surface area contributed by atoms with Gasteiger partial charge in [-0.3, -0.25) is 4.90 Å². The number of nitrogens with one attached hydrogen (secondary N) is 3. The zero-order valence-corrected chi connectivity index (χ0v) is 22.8. The largest absolute Gasteiger partial charge is 0.361 e. The van der Waals surface area contributed by atoms with E-state index in [1.54, 1.807) is 0 Å². The lowest BCUT2D eigenvalue weighted by molar-refractivity contribution is 0.225. The highest BCUT2D eigenvalue weighted by atomic mass is 127. The van der Waals surface area contributed by atoms with Crippen molar-refractivity contribution in [3.8, 4) is 0 Å². The average molecular weight is 656 g/mol. The van der Waals surface area contributed by atoms with Crippen LogP contribution in [0.3, 0.4) is 0 Å². The lowest BCUT2D eigenvalue weighted by atomic mass is 9.97. The van der Waals surface area contributed by atoms with Crippen LogP contribution >= 0.6 is 57.4 Å². The lowest BCUT2D eigenvalue weighted by Crippen LogP contribution is -2.35. The van der Waals surface area contributed by atoms with E-state index in [1.165, 1.54) is 26.5 Å². The molecule has 1 atom stereocenters. The molecule has 162 valence electrons. The number of hydrogen-bond acceptors (Lipinski definition) is 2. The summed E-state index contributed by atoms with van der Waals surface area (Å²) in [5, 5.41) is 8.49. The number of halogens is 2. The number of thiocarbonyl (C=S) groups is 1. The van der Waals surface area contributed by atoms with Crippen LogP contribution in [0.4, 0.5) is 11.4 Å². The summed E-state index contributed by atoms with van der Waals surface area (Å²) in [6, 6.07) is 13.3. The molecule has 1 aliphatic rings. The van der Waals surface area contributed by atoms with E-state index in [4.69, 9.17) is 12.2 Å². The zero-order valence-electron chi connectivity index (χ0n) is 17.6. The molecule has 31 heavy (non-hydrogen) atoms. The van der Waals surface area contributed by atoms with E-state index in [9.17, 15) is 0 Å². The summed E-state index contributed by atoms with van der Waals surface area (Å²) in [5.74, 6) is 0. The molecular formula is C24H26I2N4S. The fourth-order valence-electron chi connectivity index (χ4n) is 3.93. The molecule has 3 aromatic rings. The van der Waals surface area contributed by atoms with Gasteiger partial charge in [-0.15, -0.1) is 0 Å². The van der Waals surface area contributed by atoms with Gasteiger partial charge in [0.1, 0.15) is 0 Å². The quantitative estimate of drug-likeness (QED) is 0.203. The van der Waals surface area contributed by atoms with Gasteiger partial charge in [0.25, 0.3) is 0 Å². The molecule has 0 saturated heterocycles. The molecular weight excluding hydrogens is 630 g/mol. The van der Waals surface area contributed by atoms with Crippen LogP contribution in [-0.4, -0.2) is 34.1 Å². The van der Waals surface area contributed by atoms with Crippen LogP contribution in [0, 0.1) is 7.14 Å². The Morgan fingerprint density at radius 1 is 1.19 bits per heavy atom. The highest BCUT2D eigenvalue weighted by Crippen LogP contribution is 2.31. The maximum atomic E-state index is 5.57. The smallest absolute Gasteiger partial charge is 0.175 e. The van der Waals surface area contributed by atoms with Crippen LogP contribution in [0.5, 0.6) is 0 Å². The number of anilines is 2. The Kier molecular flexibility index (Phi) is 7.56. The summed E-state index contributed by atoms with van der Waals surface area (Å²) in [6.45, 7) is 6.72. The fourth-order valence-corrected chi connectivity index (χ4v) is 5.89. The number of H-pyrrole nitrogens is 1. The van der Waals surface area contributed by atoms with Crippen molar-refractivity contribution >= 4 is 90.4 Å². The molecule has 1 aliphatic heterocycles. The van der Waals surface area contributed by atoms with Crippen molar-refractivity contribution in [1.29, 1.82) is 0 Å². The van der Waals surface area contributed by atoms with Crippen LogP contribution in [0.15, 0.2) is 48.7 Å². The van der Waals surface area contributed by atoms with E-state index >= 15 is 0 Å². The van der Waals surface area contributed by atoms with Gasteiger partial charge in [-0.05, 0) is 119 Å². The molecule has 0 amide bonds. The van der Waals surface area contributed by atoms with Crippen molar-refractivity contribution < 1.29 is 0 Å². The molecule has 0 saturated carbocycles. The molecule has 1 aromatic heterocycles. The molecule has 1 unspecified atom stereocenters. The third-order valence-corrected chi connectivity index (χ3v) is 7.69. The molecule has 7 heteroatoms. The number of rotatable bonds is 5. The summed E-state index contributed by atoms with van der Waals surface area (Å²) in [6.07, 6.45) is 6.81. The number of benzene rings is 2. The maximum absolute atomic E-state index is 5.57. The zero-order chi connectivity index (χ0) is 22.0.